The van der Waals surface area contributed by atoms with Crippen LogP contribution in [0.15, 0.2) is 36.4 Å². The van der Waals surface area contributed by atoms with Crippen molar-refractivity contribution in [2.75, 3.05) is 11.9 Å². The maximum atomic E-state index is 12.6. The minimum absolute atomic E-state index is 0.220. The molecule has 0 saturated heterocycles. The average molecular weight is 295 g/mol. The van der Waals surface area contributed by atoms with Gasteiger partial charge in [0, 0.05) is 18.2 Å². The Morgan fingerprint density at radius 2 is 1.81 bits per heavy atom. The monoisotopic (exact) mass is 295 g/mol. The number of benzene rings is 1. The van der Waals surface area contributed by atoms with Crippen molar-refractivity contribution < 1.29 is 13.2 Å². The molecule has 0 spiro atoms. The lowest BCUT2D eigenvalue weighted by atomic mass is 10.1. The molecule has 1 heterocycles. The standard InChI is InChI=1S/C15H16F3N3/c1-2-8-19-13-9-12(11-6-4-3-5-7-11)20-14(21-13)10-15(16,17)18/h3-7,9H,2,8,10H2,1H3,(H,19,20,21). The Hall–Kier alpha value is -2.11. The SMILES string of the molecule is CCCNc1cc(-c2ccccc2)nc(CC(F)(F)F)n1. The Bertz CT molecular complexity index is 582. The Morgan fingerprint density at radius 3 is 2.43 bits per heavy atom. The third-order valence-electron chi connectivity index (χ3n) is 2.76. The van der Waals surface area contributed by atoms with Crippen LogP contribution in [0, 0.1) is 0 Å². The van der Waals surface area contributed by atoms with Gasteiger partial charge in [0.25, 0.3) is 0 Å². The fourth-order valence-corrected chi connectivity index (χ4v) is 1.86. The van der Waals surface area contributed by atoms with Crippen LogP contribution in [0.4, 0.5) is 19.0 Å². The van der Waals surface area contributed by atoms with Gasteiger partial charge in [-0.05, 0) is 6.42 Å². The highest BCUT2D eigenvalue weighted by Crippen LogP contribution is 2.24. The van der Waals surface area contributed by atoms with Gasteiger partial charge < -0.3 is 5.32 Å². The van der Waals surface area contributed by atoms with E-state index in [0.29, 0.717) is 18.1 Å². The fourth-order valence-electron chi connectivity index (χ4n) is 1.86. The Morgan fingerprint density at radius 1 is 1.10 bits per heavy atom. The minimum atomic E-state index is -4.32. The smallest absolute Gasteiger partial charge is 0.370 e. The predicted octanol–water partition coefficient (Wildman–Crippen LogP) is 4.07. The molecule has 0 aliphatic rings. The molecular weight excluding hydrogens is 279 g/mol. The molecule has 3 nitrogen and oxygen atoms in total. The zero-order valence-electron chi connectivity index (χ0n) is 11.6. The van der Waals surface area contributed by atoms with Crippen LogP contribution in [0.5, 0.6) is 0 Å². The van der Waals surface area contributed by atoms with Crippen molar-refractivity contribution in [3.05, 3.63) is 42.2 Å². The molecule has 0 aliphatic carbocycles. The summed E-state index contributed by atoms with van der Waals surface area (Å²) in [4.78, 5) is 7.97. The molecule has 21 heavy (non-hydrogen) atoms. The van der Waals surface area contributed by atoms with Crippen molar-refractivity contribution >= 4 is 5.82 Å². The summed E-state index contributed by atoms with van der Waals surface area (Å²) in [6.07, 6.45) is -4.59. The maximum Gasteiger partial charge on any atom is 0.396 e. The summed E-state index contributed by atoms with van der Waals surface area (Å²) in [6, 6.07) is 10.8. The number of nitrogens with zero attached hydrogens (tertiary/aromatic N) is 2. The van der Waals surface area contributed by atoms with Crippen LogP contribution in [0.1, 0.15) is 19.2 Å². The molecule has 0 atom stereocenters. The van der Waals surface area contributed by atoms with Crippen LogP contribution in [-0.2, 0) is 6.42 Å². The highest BCUT2D eigenvalue weighted by Gasteiger charge is 2.29. The predicted molar refractivity (Wildman–Crippen MR) is 76.0 cm³/mol. The largest absolute Gasteiger partial charge is 0.396 e. The lowest BCUT2D eigenvalue weighted by molar-refractivity contribution is -0.128. The lowest BCUT2D eigenvalue weighted by Gasteiger charge is -2.11. The van der Waals surface area contributed by atoms with E-state index in [9.17, 15) is 13.2 Å². The maximum absolute atomic E-state index is 12.6. The van der Waals surface area contributed by atoms with Crippen LogP contribution < -0.4 is 5.32 Å². The van der Waals surface area contributed by atoms with Crippen molar-refractivity contribution in [2.45, 2.75) is 25.9 Å². The van der Waals surface area contributed by atoms with Crippen molar-refractivity contribution in [3.63, 3.8) is 0 Å². The van der Waals surface area contributed by atoms with Crippen molar-refractivity contribution in [1.82, 2.24) is 9.97 Å². The molecule has 6 heteroatoms. The van der Waals surface area contributed by atoms with Crippen LogP contribution in [0.3, 0.4) is 0 Å². The van der Waals surface area contributed by atoms with E-state index in [0.717, 1.165) is 12.0 Å². The fraction of sp³-hybridized carbons (Fsp3) is 0.333. The van der Waals surface area contributed by atoms with Gasteiger partial charge in [-0.15, -0.1) is 0 Å². The second-order valence-electron chi connectivity index (χ2n) is 4.64. The zero-order valence-corrected chi connectivity index (χ0v) is 11.6. The number of rotatable bonds is 5. The van der Waals surface area contributed by atoms with E-state index in [-0.39, 0.29) is 5.82 Å². The number of aromatic nitrogens is 2. The van der Waals surface area contributed by atoms with Gasteiger partial charge >= 0.3 is 6.18 Å². The third kappa shape index (κ3) is 4.73. The molecule has 0 bridgehead atoms. The zero-order chi connectivity index (χ0) is 15.3. The first-order chi connectivity index (χ1) is 9.98. The van der Waals surface area contributed by atoms with Gasteiger partial charge in [0.05, 0.1) is 5.69 Å². The van der Waals surface area contributed by atoms with Gasteiger partial charge in [-0.25, -0.2) is 9.97 Å². The molecule has 1 aromatic heterocycles. The molecule has 1 aromatic carbocycles. The first-order valence-corrected chi connectivity index (χ1v) is 6.72. The first-order valence-electron chi connectivity index (χ1n) is 6.72. The minimum Gasteiger partial charge on any atom is -0.370 e. The van der Waals surface area contributed by atoms with Gasteiger partial charge in [-0.1, -0.05) is 37.3 Å². The van der Waals surface area contributed by atoms with Crippen LogP contribution in [0.25, 0.3) is 11.3 Å². The average Bonchev–Trinajstić information content (AvgIpc) is 2.44. The van der Waals surface area contributed by atoms with Crippen LogP contribution in [0.2, 0.25) is 0 Å². The van der Waals surface area contributed by atoms with Gasteiger partial charge in [0.15, 0.2) is 0 Å². The van der Waals surface area contributed by atoms with E-state index >= 15 is 0 Å². The highest BCUT2D eigenvalue weighted by molar-refractivity contribution is 5.62. The highest BCUT2D eigenvalue weighted by atomic mass is 19.4. The number of hydrogen-bond donors (Lipinski definition) is 1. The van der Waals surface area contributed by atoms with E-state index in [2.05, 4.69) is 15.3 Å². The number of anilines is 1. The summed E-state index contributed by atoms with van der Waals surface area (Å²) in [6.45, 7) is 2.62. The molecule has 0 radical (unpaired) electrons. The van der Waals surface area contributed by atoms with E-state index in [1.54, 1.807) is 6.07 Å². The second kappa shape index (κ2) is 6.56. The molecule has 0 aliphatic heterocycles. The van der Waals surface area contributed by atoms with Crippen LogP contribution in [-0.4, -0.2) is 22.7 Å². The summed E-state index contributed by atoms with van der Waals surface area (Å²) >= 11 is 0. The van der Waals surface area contributed by atoms with Gasteiger partial charge in [-0.3, -0.25) is 0 Å². The Labute approximate surface area is 121 Å². The van der Waals surface area contributed by atoms with Crippen molar-refractivity contribution in [2.24, 2.45) is 0 Å². The number of hydrogen-bond acceptors (Lipinski definition) is 3. The lowest BCUT2D eigenvalue weighted by Crippen LogP contribution is -2.15. The molecule has 112 valence electrons. The van der Waals surface area contributed by atoms with Crippen molar-refractivity contribution in [3.8, 4) is 11.3 Å². The number of alkyl halides is 3. The summed E-state index contributed by atoms with van der Waals surface area (Å²) < 4.78 is 37.7. The second-order valence-corrected chi connectivity index (χ2v) is 4.64. The molecule has 0 amide bonds. The molecule has 1 N–H and O–H groups in total. The molecular formula is C15H16F3N3. The quantitative estimate of drug-likeness (QED) is 0.903. The molecule has 0 saturated carbocycles. The van der Waals surface area contributed by atoms with E-state index in [1.165, 1.54) is 0 Å². The van der Waals surface area contributed by atoms with Gasteiger partial charge in [0.2, 0.25) is 0 Å². The van der Waals surface area contributed by atoms with E-state index in [4.69, 9.17) is 0 Å². The van der Waals surface area contributed by atoms with Gasteiger partial charge in [0.1, 0.15) is 18.1 Å². The topological polar surface area (TPSA) is 37.8 Å². The number of halogens is 3. The third-order valence-corrected chi connectivity index (χ3v) is 2.76. The normalized spacial score (nSPS) is 11.4. The van der Waals surface area contributed by atoms with Crippen LogP contribution >= 0.6 is 0 Å². The summed E-state index contributed by atoms with van der Waals surface area (Å²) in [5, 5.41) is 3.01. The molecule has 2 aromatic rings. The Balaban J connectivity index is 2.37. The van der Waals surface area contributed by atoms with E-state index in [1.807, 2.05) is 37.3 Å². The molecule has 2 rings (SSSR count). The van der Waals surface area contributed by atoms with Crippen molar-refractivity contribution in [1.29, 1.82) is 0 Å². The molecule has 0 unspecified atom stereocenters. The summed E-state index contributed by atoms with van der Waals surface area (Å²) in [7, 11) is 0. The van der Waals surface area contributed by atoms with E-state index < -0.39 is 12.6 Å². The van der Waals surface area contributed by atoms with Gasteiger partial charge in [-0.2, -0.15) is 13.2 Å². The summed E-state index contributed by atoms with van der Waals surface area (Å²) in [5.41, 5.74) is 1.26. The number of nitrogens with one attached hydrogen (secondary N) is 1. The Kier molecular flexibility index (Phi) is 4.77. The first kappa shape index (κ1) is 15.3. The summed E-state index contributed by atoms with van der Waals surface area (Å²) in [5.74, 6) is 0.201. The molecule has 0 fully saturated rings.